The van der Waals surface area contributed by atoms with Crippen LogP contribution in [0.5, 0.6) is 0 Å². The molecule has 1 atom stereocenters. The average Bonchev–Trinajstić information content (AvgIpc) is 2.58. The van der Waals surface area contributed by atoms with Gasteiger partial charge in [0.2, 0.25) is 0 Å². The number of aromatic nitrogens is 1. The van der Waals surface area contributed by atoms with Crippen LogP contribution in [-0.4, -0.2) is 67.8 Å². The smallest absolute Gasteiger partial charge is 0.151 e. The molecule has 25 heavy (non-hydrogen) atoms. The first-order chi connectivity index (χ1) is 11.9. The van der Waals surface area contributed by atoms with Gasteiger partial charge in [-0.05, 0) is 30.5 Å². The van der Waals surface area contributed by atoms with Crippen LogP contribution in [-0.2, 0) is 25.9 Å². The molecule has 1 unspecified atom stereocenters. The molecule has 3 rings (SSSR count). The zero-order valence-electron chi connectivity index (χ0n) is 15.1. The molecule has 2 fully saturated rings. The van der Waals surface area contributed by atoms with E-state index in [4.69, 9.17) is 9.47 Å². The van der Waals surface area contributed by atoms with Gasteiger partial charge in [-0.2, -0.15) is 0 Å². The Morgan fingerprint density at radius 1 is 1.44 bits per heavy atom. The summed E-state index contributed by atoms with van der Waals surface area (Å²) in [5, 5.41) is 0. The van der Waals surface area contributed by atoms with E-state index in [-0.39, 0.29) is 23.2 Å². The summed E-state index contributed by atoms with van der Waals surface area (Å²) < 4.78 is 35.4. The molecular formula is C18H28N2O4S. The molecule has 0 aromatic carbocycles. The lowest BCUT2D eigenvalue weighted by molar-refractivity contribution is -0.197. The Hall–Kier alpha value is -1.02. The number of pyridine rings is 1. The van der Waals surface area contributed by atoms with E-state index in [1.54, 1.807) is 13.1 Å². The molecule has 6 nitrogen and oxygen atoms in total. The molecule has 0 bridgehead atoms. The number of sulfone groups is 1. The van der Waals surface area contributed by atoms with E-state index in [9.17, 15) is 8.42 Å². The standard InChI is InChI=1S/C18H28N2O4S/c1-3-25(21,22)9-7-20-13-18(14-20)10-17(5-8-24-18)23-12-16-11-19-6-4-15(16)2/h4,6,11,17H,3,5,7-10,12-14H2,1-2H3. The molecule has 0 saturated carbocycles. The number of rotatable bonds is 7. The molecule has 1 aromatic heterocycles. The van der Waals surface area contributed by atoms with Crippen LogP contribution < -0.4 is 0 Å². The first kappa shape index (κ1) is 18.8. The molecule has 2 aliphatic heterocycles. The first-order valence-corrected chi connectivity index (χ1v) is 10.8. The number of hydrogen-bond donors (Lipinski definition) is 0. The topological polar surface area (TPSA) is 68.7 Å². The molecule has 1 aromatic rings. The van der Waals surface area contributed by atoms with Gasteiger partial charge >= 0.3 is 0 Å². The van der Waals surface area contributed by atoms with E-state index in [0.717, 1.165) is 31.5 Å². The van der Waals surface area contributed by atoms with Crippen LogP contribution in [0.25, 0.3) is 0 Å². The summed E-state index contributed by atoms with van der Waals surface area (Å²) in [4.78, 5) is 6.33. The fraction of sp³-hybridized carbons (Fsp3) is 0.722. The Bertz CT molecular complexity index is 686. The summed E-state index contributed by atoms with van der Waals surface area (Å²) in [6.45, 7) is 7.26. The van der Waals surface area contributed by atoms with E-state index in [1.165, 1.54) is 5.56 Å². The van der Waals surface area contributed by atoms with Crippen molar-refractivity contribution in [3.63, 3.8) is 0 Å². The molecule has 1 spiro atoms. The quantitative estimate of drug-likeness (QED) is 0.728. The van der Waals surface area contributed by atoms with Crippen molar-refractivity contribution in [3.8, 4) is 0 Å². The van der Waals surface area contributed by atoms with Gasteiger partial charge in [0.05, 0.1) is 24.1 Å². The van der Waals surface area contributed by atoms with Crippen molar-refractivity contribution in [3.05, 3.63) is 29.6 Å². The van der Waals surface area contributed by atoms with Crippen LogP contribution in [0.3, 0.4) is 0 Å². The van der Waals surface area contributed by atoms with Crippen LogP contribution in [0.2, 0.25) is 0 Å². The minimum absolute atomic E-state index is 0.150. The lowest BCUT2D eigenvalue weighted by atomic mass is 9.85. The Morgan fingerprint density at radius 2 is 2.24 bits per heavy atom. The Kier molecular flexibility index (Phi) is 5.78. The Labute approximate surface area is 150 Å². The predicted molar refractivity (Wildman–Crippen MR) is 96.2 cm³/mol. The molecule has 7 heteroatoms. The lowest BCUT2D eigenvalue weighted by Crippen LogP contribution is -2.66. The second kappa shape index (κ2) is 7.70. The number of nitrogens with zero attached hydrogens (tertiary/aromatic N) is 2. The molecule has 140 valence electrons. The maximum atomic E-state index is 11.6. The average molecular weight is 368 g/mol. The summed E-state index contributed by atoms with van der Waals surface area (Å²) in [6.07, 6.45) is 5.64. The van der Waals surface area contributed by atoms with Gasteiger partial charge < -0.3 is 9.47 Å². The molecule has 0 amide bonds. The maximum absolute atomic E-state index is 11.6. The highest BCUT2D eigenvalue weighted by Crippen LogP contribution is 2.35. The highest BCUT2D eigenvalue weighted by atomic mass is 32.2. The minimum Gasteiger partial charge on any atom is -0.373 e. The third-order valence-electron chi connectivity index (χ3n) is 5.25. The van der Waals surface area contributed by atoms with Gasteiger partial charge in [0.1, 0.15) is 0 Å². The highest BCUT2D eigenvalue weighted by molar-refractivity contribution is 7.91. The largest absolute Gasteiger partial charge is 0.373 e. The van der Waals surface area contributed by atoms with Gasteiger partial charge in [-0.25, -0.2) is 8.42 Å². The van der Waals surface area contributed by atoms with Crippen LogP contribution >= 0.6 is 0 Å². The molecule has 2 aliphatic rings. The van der Waals surface area contributed by atoms with E-state index in [0.29, 0.717) is 19.8 Å². The van der Waals surface area contributed by atoms with E-state index in [2.05, 4.69) is 16.8 Å². The van der Waals surface area contributed by atoms with Gasteiger partial charge in [0.25, 0.3) is 0 Å². The first-order valence-electron chi connectivity index (χ1n) is 8.99. The van der Waals surface area contributed by atoms with E-state index in [1.807, 2.05) is 12.3 Å². The molecule has 0 aliphatic carbocycles. The SMILES string of the molecule is CCS(=O)(=O)CCN1CC2(CC(OCc3cnccc3C)CCO2)C1. The van der Waals surface area contributed by atoms with Crippen molar-refractivity contribution >= 4 is 9.84 Å². The van der Waals surface area contributed by atoms with Gasteiger partial charge in [0, 0.05) is 50.8 Å². The Balaban J connectivity index is 1.45. The highest BCUT2D eigenvalue weighted by Gasteiger charge is 2.47. The van der Waals surface area contributed by atoms with Crippen LogP contribution in [0.1, 0.15) is 30.9 Å². The summed E-state index contributed by atoms with van der Waals surface area (Å²) in [5.41, 5.74) is 2.18. The fourth-order valence-electron chi connectivity index (χ4n) is 3.54. The van der Waals surface area contributed by atoms with E-state index < -0.39 is 9.84 Å². The van der Waals surface area contributed by atoms with Gasteiger partial charge in [-0.3, -0.25) is 9.88 Å². The van der Waals surface area contributed by atoms with Crippen molar-refractivity contribution in [1.82, 2.24) is 9.88 Å². The van der Waals surface area contributed by atoms with Crippen molar-refractivity contribution in [2.24, 2.45) is 0 Å². The third kappa shape index (κ3) is 4.78. The lowest BCUT2D eigenvalue weighted by Gasteiger charge is -2.53. The number of likely N-dealkylation sites (tertiary alicyclic amines) is 1. The van der Waals surface area contributed by atoms with Gasteiger partial charge in [-0.1, -0.05) is 6.92 Å². The summed E-state index contributed by atoms with van der Waals surface area (Å²) in [7, 11) is -2.90. The molecule has 2 saturated heterocycles. The third-order valence-corrected chi connectivity index (χ3v) is 6.94. The van der Waals surface area contributed by atoms with Crippen molar-refractivity contribution < 1.29 is 17.9 Å². The molecule has 0 radical (unpaired) electrons. The molecule has 0 N–H and O–H groups in total. The van der Waals surface area contributed by atoms with Gasteiger partial charge in [0.15, 0.2) is 9.84 Å². The number of aryl methyl sites for hydroxylation is 1. The van der Waals surface area contributed by atoms with E-state index >= 15 is 0 Å². The Morgan fingerprint density at radius 3 is 2.96 bits per heavy atom. The summed E-state index contributed by atoms with van der Waals surface area (Å²) in [5.74, 6) is 0.450. The number of hydrogen-bond acceptors (Lipinski definition) is 6. The van der Waals surface area contributed by atoms with Crippen molar-refractivity contribution in [1.29, 1.82) is 0 Å². The maximum Gasteiger partial charge on any atom is 0.151 e. The van der Waals surface area contributed by atoms with Crippen molar-refractivity contribution in [2.45, 2.75) is 45.0 Å². The monoisotopic (exact) mass is 368 g/mol. The van der Waals surface area contributed by atoms with Gasteiger partial charge in [-0.15, -0.1) is 0 Å². The van der Waals surface area contributed by atoms with Crippen molar-refractivity contribution in [2.75, 3.05) is 37.7 Å². The predicted octanol–water partition coefficient (Wildman–Crippen LogP) is 1.57. The fourth-order valence-corrected chi connectivity index (χ4v) is 4.37. The normalized spacial score (nSPS) is 23.5. The number of ether oxygens (including phenoxy) is 2. The van der Waals surface area contributed by atoms with Crippen LogP contribution in [0, 0.1) is 6.92 Å². The zero-order chi connectivity index (χ0) is 17.9. The summed E-state index contributed by atoms with van der Waals surface area (Å²) in [6, 6.07) is 2.00. The zero-order valence-corrected chi connectivity index (χ0v) is 15.9. The van der Waals surface area contributed by atoms with Crippen LogP contribution in [0.4, 0.5) is 0 Å². The van der Waals surface area contributed by atoms with Crippen LogP contribution in [0.15, 0.2) is 18.5 Å². The molecular weight excluding hydrogens is 340 g/mol. The summed E-state index contributed by atoms with van der Waals surface area (Å²) >= 11 is 0. The minimum atomic E-state index is -2.90. The second-order valence-electron chi connectivity index (χ2n) is 7.21. The second-order valence-corrected chi connectivity index (χ2v) is 9.68. The molecule has 3 heterocycles.